The van der Waals surface area contributed by atoms with Gasteiger partial charge in [0.2, 0.25) is 5.91 Å². The Hall–Kier alpha value is -0.570. The van der Waals surface area contributed by atoms with E-state index in [1.165, 1.54) is 0 Å². The van der Waals surface area contributed by atoms with Gasteiger partial charge in [-0.05, 0) is 20.0 Å². The van der Waals surface area contributed by atoms with E-state index in [0.29, 0.717) is 5.92 Å². The van der Waals surface area contributed by atoms with E-state index in [1.807, 2.05) is 25.9 Å². The number of nitrogens with zero attached hydrogens (tertiary/aromatic N) is 1. The third kappa shape index (κ3) is 2.89. The predicted molar refractivity (Wildman–Crippen MR) is 46.1 cm³/mol. The molecule has 3 nitrogen and oxygen atoms in total. The number of hydrogen-bond acceptors (Lipinski definition) is 2. The van der Waals surface area contributed by atoms with Gasteiger partial charge < -0.3 is 5.73 Å². The van der Waals surface area contributed by atoms with Crippen LogP contribution < -0.4 is 5.73 Å². The Morgan fingerprint density at radius 1 is 1.55 bits per heavy atom. The highest BCUT2D eigenvalue weighted by Crippen LogP contribution is 2.11. The fraction of sp³-hybridized carbons (Fsp3) is 0.875. The summed E-state index contributed by atoms with van der Waals surface area (Å²) < 4.78 is 0. The number of carbonyl (C=O) groups excluding carboxylic acids is 1. The molecule has 66 valence electrons. The van der Waals surface area contributed by atoms with E-state index in [2.05, 4.69) is 6.92 Å². The summed E-state index contributed by atoms with van der Waals surface area (Å²) in [4.78, 5) is 12.8. The minimum Gasteiger partial charge on any atom is -0.368 e. The number of amides is 1. The maximum atomic E-state index is 10.9. The van der Waals surface area contributed by atoms with Gasteiger partial charge in [0.05, 0.1) is 6.04 Å². The van der Waals surface area contributed by atoms with Crippen molar-refractivity contribution in [2.75, 3.05) is 14.1 Å². The van der Waals surface area contributed by atoms with Crippen molar-refractivity contribution in [2.45, 2.75) is 26.3 Å². The van der Waals surface area contributed by atoms with Gasteiger partial charge in [0.25, 0.3) is 0 Å². The average Bonchev–Trinajstić information content (AvgIpc) is 1.85. The number of hydrogen-bond donors (Lipinski definition) is 1. The molecule has 11 heavy (non-hydrogen) atoms. The van der Waals surface area contributed by atoms with E-state index in [0.717, 1.165) is 6.42 Å². The zero-order chi connectivity index (χ0) is 9.02. The minimum atomic E-state index is -0.232. The van der Waals surface area contributed by atoms with Crippen LogP contribution in [0, 0.1) is 5.92 Å². The van der Waals surface area contributed by atoms with Crippen molar-refractivity contribution in [1.82, 2.24) is 4.90 Å². The molecule has 3 heteroatoms. The van der Waals surface area contributed by atoms with E-state index in [-0.39, 0.29) is 11.9 Å². The third-order valence-electron chi connectivity index (χ3n) is 2.03. The second-order valence-corrected chi connectivity index (χ2v) is 3.20. The highest BCUT2D eigenvalue weighted by atomic mass is 16.1. The topological polar surface area (TPSA) is 46.3 Å². The van der Waals surface area contributed by atoms with Gasteiger partial charge >= 0.3 is 0 Å². The Labute approximate surface area is 68.6 Å². The maximum absolute atomic E-state index is 10.9. The van der Waals surface area contributed by atoms with Crippen molar-refractivity contribution in [1.29, 1.82) is 0 Å². The van der Waals surface area contributed by atoms with Crippen molar-refractivity contribution in [3.05, 3.63) is 0 Å². The molecule has 0 saturated heterocycles. The van der Waals surface area contributed by atoms with Gasteiger partial charge in [-0.2, -0.15) is 0 Å². The van der Waals surface area contributed by atoms with Gasteiger partial charge in [-0.1, -0.05) is 20.3 Å². The van der Waals surface area contributed by atoms with Crippen LogP contribution in [0.5, 0.6) is 0 Å². The third-order valence-corrected chi connectivity index (χ3v) is 2.03. The molecule has 0 radical (unpaired) electrons. The second-order valence-electron chi connectivity index (χ2n) is 3.20. The summed E-state index contributed by atoms with van der Waals surface area (Å²) in [5.41, 5.74) is 5.23. The van der Waals surface area contributed by atoms with E-state index < -0.39 is 0 Å². The molecule has 0 aromatic heterocycles. The standard InChI is InChI=1S/C8H18N2O/c1-5-6(2)7(8(9)11)10(3)4/h6-7H,5H2,1-4H3,(H2,9,11)/t6-,7-/m0/s1. The summed E-state index contributed by atoms with van der Waals surface area (Å²) >= 11 is 0. The number of primary amides is 1. The van der Waals surface area contributed by atoms with Crippen molar-refractivity contribution < 1.29 is 4.79 Å². The molecule has 0 bridgehead atoms. The van der Waals surface area contributed by atoms with Crippen molar-refractivity contribution in [3.8, 4) is 0 Å². The van der Waals surface area contributed by atoms with Crippen LogP contribution in [0.2, 0.25) is 0 Å². The molecule has 0 aromatic rings. The van der Waals surface area contributed by atoms with Crippen LogP contribution in [0.15, 0.2) is 0 Å². The molecule has 0 saturated carbocycles. The summed E-state index contributed by atoms with van der Waals surface area (Å²) in [7, 11) is 3.75. The van der Waals surface area contributed by atoms with Gasteiger partial charge in [0, 0.05) is 0 Å². The number of rotatable bonds is 4. The Bertz CT molecular complexity index is 134. The monoisotopic (exact) mass is 158 g/mol. The van der Waals surface area contributed by atoms with E-state index in [1.54, 1.807) is 0 Å². The smallest absolute Gasteiger partial charge is 0.235 e. The molecule has 0 aliphatic rings. The molecule has 1 amide bonds. The Balaban J connectivity index is 4.21. The van der Waals surface area contributed by atoms with E-state index in [4.69, 9.17) is 5.73 Å². The highest BCUT2D eigenvalue weighted by Gasteiger charge is 2.22. The van der Waals surface area contributed by atoms with Crippen molar-refractivity contribution in [2.24, 2.45) is 11.7 Å². The van der Waals surface area contributed by atoms with Gasteiger partial charge in [-0.25, -0.2) is 0 Å². The number of nitrogens with two attached hydrogens (primary N) is 1. The molecular formula is C8H18N2O. The van der Waals surface area contributed by atoms with Gasteiger partial charge in [-0.3, -0.25) is 9.69 Å². The first-order valence-electron chi connectivity index (χ1n) is 3.96. The summed E-state index contributed by atoms with van der Waals surface area (Å²) in [5.74, 6) is 0.104. The Kier molecular flexibility index (Phi) is 4.11. The quantitative estimate of drug-likeness (QED) is 0.645. The lowest BCUT2D eigenvalue weighted by Gasteiger charge is -2.26. The van der Waals surface area contributed by atoms with Crippen LogP contribution in [0.4, 0.5) is 0 Å². The first-order valence-corrected chi connectivity index (χ1v) is 3.96. The molecule has 0 aromatic carbocycles. The van der Waals surface area contributed by atoms with Crippen LogP contribution in [0.1, 0.15) is 20.3 Å². The molecule has 2 N–H and O–H groups in total. The SMILES string of the molecule is CC[C@H](C)[C@@H](C(N)=O)N(C)C. The fourth-order valence-electron chi connectivity index (χ4n) is 1.27. The van der Waals surface area contributed by atoms with Crippen LogP contribution in [-0.4, -0.2) is 30.9 Å². The number of likely N-dealkylation sites (N-methyl/N-ethyl adjacent to an activating group) is 1. The van der Waals surface area contributed by atoms with Gasteiger partial charge in [0.1, 0.15) is 0 Å². The Morgan fingerprint density at radius 3 is 2.09 bits per heavy atom. The zero-order valence-corrected chi connectivity index (χ0v) is 7.79. The lowest BCUT2D eigenvalue weighted by molar-refractivity contribution is -0.123. The largest absolute Gasteiger partial charge is 0.368 e. The van der Waals surface area contributed by atoms with Crippen LogP contribution >= 0.6 is 0 Å². The first-order chi connectivity index (χ1) is 5.00. The highest BCUT2D eigenvalue weighted by molar-refractivity contribution is 5.80. The minimum absolute atomic E-state index is 0.125. The second kappa shape index (κ2) is 4.34. The van der Waals surface area contributed by atoms with E-state index >= 15 is 0 Å². The number of carbonyl (C=O) groups is 1. The van der Waals surface area contributed by atoms with Gasteiger partial charge in [0.15, 0.2) is 0 Å². The summed E-state index contributed by atoms with van der Waals surface area (Å²) in [6.07, 6.45) is 0.978. The van der Waals surface area contributed by atoms with E-state index in [9.17, 15) is 4.79 Å². The fourth-order valence-corrected chi connectivity index (χ4v) is 1.27. The lowest BCUT2D eigenvalue weighted by Crippen LogP contribution is -2.44. The molecule has 0 heterocycles. The summed E-state index contributed by atoms with van der Waals surface area (Å²) in [5, 5.41) is 0. The van der Waals surface area contributed by atoms with Gasteiger partial charge in [-0.15, -0.1) is 0 Å². The summed E-state index contributed by atoms with van der Waals surface area (Å²) in [6, 6.07) is -0.125. The average molecular weight is 158 g/mol. The van der Waals surface area contributed by atoms with Crippen molar-refractivity contribution >= 4 is 5.91 Å². The lowest BCUT2D eigenvalue weighted by atomic mass is 9.98. The van der Waals surface area contributed by atoms with Crippen LogP contribution in [-0.2, 0) is 4.79 Å². The van der Waals surface area contributed by atoms with Crippen LogP contribution in [0.3, 0.4) is 0 Å². The van der Waals surface area contributed by atoms with Crippen LogP contribution in [0.25, 0.3) is 0 Å². The molecule has 0 spiro atoms. The van der Waals surface area contributed by atoms with Crippen molar-refractivity contribution in [3.63, 3.8) is 0 Å². The Morgan fingerprint density at radius 2 is 2.00 bits per heavy atom. The molecular weight excluding hydrogens is 140 g/mol. The maximum Gasteiger partial charge on any atom is 0.235 e. The molecule has 2 atom stereocenters. The molecule has 0 fully saturated rings. The predicted octanol–water partition coefficient (Wildman–Crippen LogP) is 0.448. The zero-order valence-electron chi connectivity index (χ0n) is 7.79. The summed E-state index contributed by atoms with van der Waals surface area (Å²) in [6.45, 7) is 4.10. The molecule has 0 unspecified atom stereocenters. The molecule has 0 rings (SSSR count). The normalized spacial score (nSPS) is 16.5. The molecule has 0 aliphatic carbocycles. The molecule has 0 aliphatic heterocycles. The first kappa shape index (κ1) is 10.4.